The fourth-order valence-electron chi connectivity index (χ4n) is 5.42. The molecule has 1 heterocycles. The third kappa shape index (κ3) is 4.37. The molecule has 2 aromatic rings. The molecular weight excluding hydrogens is 424 g/mol. The van der Waals surface area contributed by atoms with Crippen molar-refractivity contribution in [2.24, 2.45) is 5.92 Å². The van der Waals surface area contributed by atoms with Gasteiger partial charge in [0.25, 0.3) is 0 Å². The topological polar surface area (TPSA) is 38.7 Å². The van der Waals surface area contributed by atoms with Crippen LogP contribution in [-0.4, -0.2) is 30.0 Å². The zero-order chi connectivity index (χ0) is 23.1. The molecule has 0 amide bonds. The molecule has 1 N–H and O–H groups in total. The molecule has 4 atom stereocenters. The summed E-state index contributed by atoms with van der Waals surface area (Å²) in [4.78, 5) is 0. The minimum atomic E-state index is -4.45. The number of halogens is 4. The van der Waals surface area contributed by atoms with Crippen molar-refractivity contribution in [3.63, 3.8) is 0 Å². The van der Waals surface area contributed by atoms with E-state index in [-0.39, 0.29) is 42.9 Å². The summed E-state index contributed by atoms with van der Waals surface area (Å²) in [5.41, 5.74) is 0.0560. The van der Waals surface area contributed by atoms with Crippen LogP contribution in [0.15, 0.2) is 42.5 Å². The third-order valence-corrected chi connectivity index (χ3v) is 6.74. The zero-order valence-corrected chi connectivity index (χ0v) is 18.2. The van der Waals surface area contributed by atoms with Crippen LogP contribution >= 0.6 is 0 Å². The predicted molar refractivity (Wildman–Crippen MR) is 112 cm³/mol. The van der Waals surface area contributed by atoms with Gasteiger partial charge in [0.1, 0.15) is 11.6 Å². The van der Waals surface area contributed by atoms with Crippen molar-refractivity contribution in [2.45, 2.75) is 62.8 Å². The second kappa shape index (κ2) is 8.67. The molecule has 0 aromatic heterocycles. The van der Waals surface area contributed by atoms with E-state index in [4.69, 9.17) is 9.47 Å². The number of rotatable bonds is 5. The summed E-state index contributed by atoms with van der Waals surface area (Å²) in [5, 5.41) is 9.97. The molecule has 4 unspecified atom stereocenters. The van der Waals surface area contributed by atoms with E-state index >= 15 is 0 Å². The van der Waals surface area contributed by atoms with E-state index < -0.39 is 17.3 Å². The largest absolute Gasteiger partial charge is 0.491 e. The summed E-state index contributed by atoms with van der Waals surface area (Å²) >= 11 is 0. The maximum absolute atomic E-state index is 13.5. The normalized spacial score (nSPS) is 28.1. The minimum Gasteiger partial charge on any atom is -0.491 e. The first-order valence-electron chi connectivity index (χ1n) is 11.0. The van der Waals surface area contributed by atoms with Gasteiger partial charge in [0.2, 0.25) is 0 Å². The van der Waals surface area contributed by atoms with E-state index in [1.807, 2.05) is 13.8 Å². The number of ether oxygens (including phenoxy) is 2. The average Bonchev–Trinajstić information content (AvgIpc) is 3.32. The van der Waals surface area contributed by atoms with Gasteiger partial charge in [-0.3, -0.25) is 0 Å². The number of aliphatic hydroxyl groups excluding tert-OH is 1. The van der Waals surface area contributed by atoms with E-state index in [0.717, 1.165) is 18.1 Å². The molecule has 2 aliphatic rings. The van der Waals surface area contributed by atoms with Crippen molar-refractivity contribution < 1.29 is 32.1 Å². The van der Waals surface area contributed by atoms with Crippen LogP contribution < -0.4 is 4.74 Å². The van der Waals surface area contributed by atoms with Gasteiger partial charge in [-0.15, -0.1) is 0 Å². The highest BCUT2D eigenvalue weighted by molar-refractivity contribution is 5.42. The molecule has 1 aliphatic heterocycles. The van der Waals surface area contributed by atoms with Crippen LogP contribution in [0.3, 0.4) is 0 Å². The molecule has 1 aliphatic carbocycles. The van der Waals surface area contributed by atoms with Gasteiger partial charge in [-0.1, -0.05) is 12.1 Å². The summed E-state index contributed by atoms with van der Waals surface area (Å²) < 4.78 is 66.0. The number of hydrogen-bond acceptors (Lipinski definition) is 3. The van der Waals surface area contributed by atoms with E-state index in [1.165, 1.54) is 24.3 Å². The molecule has 3 nitrogen and oxygen atoms in total. The summed E-state index contributed by atoms with van der Waals surface area (Å²) in [5.74, 6) is -0.378. The Kier molecular flexibility index (Phi) is 6.25. The van der Waals surface area contributed by atoms with Crippen molar-refractivity contribution in [2.75, 3.05) is 13.2 Å². The Bertz CT molecular complexity index is 941. The van der Waals surface area contributed by atoms with Gasteiger partial charge in [-0.25, -0.2) is 4.39 Å². The second-order valence-electron chi connectivity index (χ2n) is 9.20. The van der Waals surface area contributed by atoms with E-state index in [9.17, 15) is 22.7 Å². The Balaban J connectivity index is 1.69. The zero-order valence-electron chi connectivity index (χ0n) is 18.2. The van der Waals surface area contributed by atoms with Crippen molar-refractivity contribution in [3.8, 4) is 5.75 Å². The lowest BCUT2D eigenvalue weighted by molar-refractivity contribution is -0.137. The van der Waals surface area contributed by atoms with Crippen molar-refractivity contribution >= 4 is 0 Å². The highest BCUT2D eigenvalue weighted by Crippen LogP contribution is 2.57. The molecular formula is C25H28F4O3. The van der Waals surface area contributed by atoms with Crippen LogP contribution in [0.2, 0.25) is 0 Å². The van der Waals surface area contributed by atoms with Crippen molar-refractivity contribution in [3.05, 3.63) is 65.0 Å². The first kappa shape index (κ1) is 23.1. The molecule has 2 fully saturated rings. The van der Waals surface area contributed by atoms with E-state index in [0.29, 0.717) is 24.2 Å². The maximum atomic E-state index is 13.5. The van der Waals surface area contributed by atoms with E-state index in [1.54, 1.807) is 12.1 Å². The lowest BCUT2D eigenvalue weighted by Gasteiger charge is -2.33. The lowest BCUT2D eigenvalue weighted by Crippen LogP contribution is -2.34. The number of alkyl halides is 3. The summed E-state index contributed by atoms with van der Waals surface area (Å²) in [7, 11) is 0. The fraction of sp³-hybridized carbons (Fsp3) is 0.520. The first-order valence-corrected chi connectivity index (χ1v) is 11.0. The van der Waals surface area contributed by atoms with Crippen LogP contribution in [0.1, 0.15) is 61.6 Å². The third-order valence-electron chi connectivity index (χ3n) is 6.74. The Labute approximate surface area is 185 Å². The van der Waals surface area contributed by atoms with Gasteiger partial charge in [-0.2, -0.15) is 13.2 Å². The molecule has 32 heavy (non-hydrogen) atoms. The van der Waals surface area contributed by atoms with Gasteiger partial charge < -0.3 is 14.6 Å². The van der Waals surface area contributed by atoms with Crippen LogP contribution in [-0.2, 0) is 10.9 Å². The Hall–Kier alpha value is -2.12. The second-order valence-corrected chi connectivity index (χ2v) is 9.20. The van der Waals surface area contributed by atoms with Gasteiger partial charge in [0.05, 0.1) is 23.9 Å². The van der Waals surface area contributed by atoms with E-state index in [2.05, 4.69) is 0 Å². The lowest BCUT2D eigenvalue weighted by atomic mass is 9.76. The molecule has 174 valence electrons. The summed E-state index contributed by atoms with van der Waals surface area (Å²) in [6.45, 7) is 3.91. The van der Waals surface area contributed by atoms with Gasteiger partial charge in [-0.05, 0) is 74.9 Å². The quantitative estimate of drug-likeness (QED) is 0.561. The van der Waals surface area contributed by atoms with Gasteiger partial charge >= 0.3 is 6.18 Å². The first-order chi connectivity index (χ1) is 15.1. The molecule has 1 saturated heterocycles. The molecule has 2 aromatic carbocycles. The van der Waals surface area contributed by atoms with Gasteiger partial charge in [0.15, 0.2) is 0 Å². The molecule has 4 rings (SSSR count). The maximum Gasteiger partial charge on any atom is 0.416 e. The van der Waals surface area contributed by atoms with Crippen molar-refractivity contribution in [1.29, 1.82) is 0 Å². The minimum absolute atomic E-state index is 0.0247. The Morgan fingerprint density at radius 3 is 2.50 bits per heavy atom. The van der Waals surface area contributed by atoms with Crippen molar-refractivity contribution in [1.82, 2.24) is 0 Å². The fourth-order valence-corrected chi connectivity index (χ4v) is 5.42. The molecule has 1 saturated carbocycles. The van der Waals surface area contributed by atoms with Gasteiger partial charge in [0, 0.05) is 24.0 Å². The Morgan fingerprint density at radius 2 is 1.88 bits per heavy atom. The van der Waals surface area contributed by atoms with Crippen LogP contribution in [0.5, 0.6) is 5.75 Å². The SMILES string of the molecule is CC(C)Oc1ccc(C(F)(F)F)cc1C1COC2(CCC(CO)C2c2ccc(F)cc2)C1. The van der Waals surface area contributed by atoms with Crippen LogP contribution in [0, 0.1) is 11.7 Å². The number of aliphatic hydroxyl groups is 1. The number of hydrogen-bond donors (Lipinski definition) is 1. The standard InChI is InChI=1S/C25H28F4O3/c1-15(2)32-22-8-5-19(25(27,28)29)11-21(22)18-12-24(31-14-18)10-9-17(13-30)23(24)16-3-6-20(26)7-4-16/h3-8,11,15,17-18,23,30H,9-10,12-14H2,1-2H3. The monoisotopic (exact) mass is 452 g/mol. The average molecular weight is 452 g/mol. The molecule has 1 spiro atoms. The number of benzene rings is 2. The van der Waals surface area contributed by atoms with Crippen LogP contribution in [0.25, 0.3) is 0 Å². The highest BCUT2D eigenvalue weighted by atomic mass is 19.4. The highest BCUT2D eigenvalue weighted by Gasteiger charge is 2.54. The molecule has 0 radical (unpaired) electrons. The molecule has 0 bridgehead atoms. The smallest absolute Gasteiger partial charge is 0.416 e. The predicted octanol–water partition coefficient (Wildman–Crippen LogP) is 6.06. The Morgan fingerprint density at radius 1 is 1.16 bits per heavy atom. The summed E-state index contributed by atoms with van der Waals surface area (Å²) in [6.07, 6.45) is -2.69. The molecule has 7 heteroatoms. The van der Waals surface area contributed by atoms with Crippen LogP contribution in [0.4, 0.5) is 17.6 Å². The summed E-state index contributed by atoms with van der Waals surface area (Å²) in [6, 6.07) is 9.83.